The third kappa shape index (κ3) is 6.76. The normalized spacial score (nSPS) is 11.7. The van der Waals surface area contributed by atoms with E-state index in [1.54, 1.807) is 30.3 Å². The van der Waals surface area contributed by atoms with Crippen LogP contribution in [0.4, 0.5) is 0 Å². The highest BCUT2D eigenvalue weighted by Crippen LogP contribution is 2.26. The molecule has 0 aromatic heterocycles. The Labute approximate surface area is 198 Å². The quantitative estimate of drug-likeness (QED) is 0.504. The van der Waals surface area contributed by atoms with E-state index < -0.39 is 6.04 Å². The summed E-state index contributed by atoms with van der Waals surface area (Å²) < 4.78 is 5.75. The zero-order chi connectivity index (χ0) is 23.1. The Balaban J connectivity index is 2.26. The van der Waals surface area contributed by atoms with Gasteiger partial charge in [0.15, 0.2) is 6.61 Å². The first-order valence-electron chi connectivity index (χ1n) is 10.1. The fourth-order valence-corrected chi connectivity index (χ4v) is 3.69. The number of nitrogens with zero attached hydrogens (tertiary/aromatic N) is 1. The number of carbonyl (C=O) groups is 2. The van der Waals surface area contributed by atoms with E-state index in [0.29, 0.717) is 33.8 Å². The first kappa shape index (κ1) is 25.3. The SMILES string of the molecule is CCNC(=O)[C@@H](CC)N(Cc1ccc(Cl)c(Cl)c1)C(=O)COc1cc(C)c(Cl)c(C)c1. The van der Waals surface area contributed by atoms with Crippen LogP contribution in [0.5, 0.6) is 5.75 Å². The van der Waals surface area contributed by atoms with Gasteiger partial charge in [0.2, 0.25) is 5.91 Å². The molecule has 2 aromatic carbocycles. The van der Waals surface area contributed by atoms with Gasteiger partial charge in [-0.05, 0) is 68.1 Å². The van der Waals surface area contributed by atoms with Gasteiger partial charge in [-0.2, -0.15) is 0 Å². The van der Waals surface area contributed by atoms with Crippen LogP contribution in [-0.4, -0.2) is 35.9 Å². The lowest BCUT2D eigenvalue weighted by Gasteiger charge is -2.30. The lowest BCUT2D eigenvalue weighted by atomic mass is 10.1. The number of amides is 2. The largest absolute Gasteiger partial charge is 0.484 e. The van der Waals surface area contributed by atoms with Gasteiger partial charge in [-0.15, -0.1) is 0 Å². The van der Waals surface area contributed by atoms with Crippen LogP contribution in [-0.2, 0) is 16.1 Å². The smallest absolute Gasteiger partial charge is 0.261 e. The second-order valence-corrected chi connectivity index (χ2v) is 8.44. The fourth-order valence-electron chi connectivity index (χ4n) is 3.26. The molecule has 2 rings (SSSR count). The number of carbonyl (C=O) groups excluding carboxylic acids is 2. The molecule has 1 N–H and O–H groups in total. The first-order valence-corrected chi connectivity index (χ1v) is 11.2. The van der Waals surface area contributed by atoms with E-state index in [-0.39, 0.29) is 25.0 Å². The van der Waals surface area contributed by atoms with E-state index in [2.05, 4.69) is 5.32 Å². The summed E-state index contributed by atoms with van der Waals surface area (Å²) in [6, 6.07) is 8.08. The number of rotatable bonds is 9. The molecular weight excluding hydrogens is 459 g/mol. The molecule has 2 aromatic rings. The molecule has 0 fully saturated rings. The highest BCUT2D eigenvalue weighted by atomic mass is 35.5. The molecule has 8 heteroatoms. The Kier molecular flexibility index (Phi) is 9.48. The van der Waals surface area contributed by atoms with Crippen LogP contribution in [0.25, 0.3) is 0 Å². The minimum Gasteiger partial charge on any atom is -0.484 e. The molecule has 0 aliphatic carbocycles. The van der Waals surface area contributed by atoms with Crippen molar-refractivity contribution in [3.8, 4) is 5.75 Å². The summed E-state index contributed by atoms with van der Waals surface area (Å²) in [6.45, 7) is 7.92. The van der Waals surface area contributed by atoms with Crippen LogP contribution in [0.3, 0.4) is 0 Å². The third-order valence-electron chi connectivity index (χ3n) is 4.85. The predicted octanol–water partition coefficient (Wildman–Crippen LogP) is 5.59. The van der Waals surface area contributed by atoms with Gasteiger partial charge in [-0.25, -0.2) is 0 Å². The van der Waals surface area contributed by atoms with Gasteiger partial charge in [0.25, 0.3) is 5.91 Å². The minimum absolute atomic E-state index is 0.202. The number of hydrogen-bond donors (Lipinski definition) is 1. The predicted molar refractivity (Wildman–Crippen MR) is 126 cm³/mol. The maximum absolute atomic E-state index is 13.2. The van der Waals surface area contributed by atoms with Gasteiger partial charge in [-0.3, -0.25) is 9.59 Å². The van der Waals surface area contributed by atoms with Crippen molar-refractivity contribution in [3.05, 3.63) is 62.1 Å². The summed E-state index contributed by atoms with van der Waals surface area (Å²) in [5.74, 6) is 0.0271. The highest BCUT2D eigenvalue weighted by Gasteiger charge is 2.28. The van der Waals surface area contributed by atoms with Gasteiger partial charge in [0, 0.05) is 18.1 Å². The molecule has 2 amide bonds. The molecule has 0 heterocycles. The number of halogens is 3. The summed E-state index contributed by atoms with van der Waals surface area (Å²) in [6.07, 6.45) is 0.456. The maximum atomic E-state index is 13.2. The molecule has 0 aliphatic heterocycles. The van der Waals surface area contributed by atoms with Gasteiger partial charge in [-0.1, -0.05) is 47.8 Å². The Bertz CT molecular complexity index is 927. The zero-order valence-electron chi connectivity index (χ0n) is 18.1. The first-order chi connectivity index (χ1) is 14.7. The van der Waals surface area contributed by atoms with Crippen LogP contribution < -0.4 is 10.1 Å². The monoisotopic (exact) mass is 484 g/mol. The number of ether oxygens (including phenoxy) is 1. The van der Waals surface area contributed by atoms with Crippen molar-refractivity contribution < 1.29 is 14.3 Å². The number of aryl methyl sites for hydroxylation is 2. The van der Waals surface area contributed by atoms with Gasteiger partial charge >= 0.3 is 0 Å². The van der Waals surface area contributed by atoms with Crippen molar-refractivity contribution in [3.63, 3.8) is 0 Å². The number of nitrogens with one attached hydrogen (secondary N) is 1. The highest BCUT2D eigenvalue weighted by molar-refractivity contribution is 6.42. The van der Waals surface area contributed by atoms with Crippen LogP contribution in [0.15, 0.2) is 30.3 Å². The van der Waals surface area contributed by atoms with E-state index in [1.165, 1.54) is 4.90 Å². The summed E-state index contributed by atoms with van der Waals surface area (Å²) in [5.41, 5.74) is 2.50. The Morgan fingerprint density at radius 1 is 1.03 bits per heavy atom. The van der Waals surface area contributed by atoms with Crippen molar-refractivity contribution >= 4 is 46.6 Å². The zero-order valence-corrected chi connectivity index (χ0v) is 20.4. The van der Waals surface area contributed by atoms with Crippen LogP contribution in [0.2, 0.25) is 15.1 Å². The van der Waals surface area contributed by atoms with Crippen molar-refractivity contribution in [2.45, 2.75) is 46.7 Å². The minimum atomic E-state index is -0.640. The lowest BCUT2D eigenvalue weighted by Crippen LogP contribution is -2.50. The Hall–Kier alpha value is -1.95. The van der Waals surface area contributed by atoms with E-state index in [4.69, 9.17) is 39.5 Å². The number of benzene rings is 2. The second kappa shape index (κ2) is 11.6. The van der Waals surface area contributed by atoms with E-state index in [1.807, 2.05) is 27.7 Å². The Morgan fingerprint density at radius 3 is 2.23 bits per heavy atom. The van der Waals surface area contributed by atoms with Crippen molar-refractivity contribution in [2.75, 3.05) is 13.2 Å². The van der Waals surface area contributed by atoms with Gasteiger partial charge in [0.1, 0.15) is 11.8 Å². The fraction of sp³-hybridized carbons (Fsp3) is 0.391. The molecule has 1 atom stereocenters. The molecular formula is C23H27Cl3N2O3. The molecule has 31 heavy (non-hydrogen) atoms. The molecule has 0 unspecified atom stereocenters. The Morgan fingerprint density at radius 2 is 1.68 bits per heavy atom. The van der Waals surface area contributed by atoms with Crippen LogP contribution in [0, 0.1) is 13.8 Å². The van der Waals surface area contributed by atoms with Crippen LogP contribution >= 0.6 is 34.8 Å². The van der Waals surface area contributed by atoms with Gasteiger partial charge in [0.05, 0.1) is 10.0 Å². The molecule has 0 saturated heterocycles. The van der Waals surface area contributed by atoms with Gasteiger partial charge < -0.3 is 15.0 Å². The molecule has 5 nitrogen and oxygen atoms in total. The standard InChI is InChI=1S/C23H27Cl3N2O3/c1-5-20(23(30)27-6-2)28(12-16-7-8-18(24)19(25)11-16)21(29)13-31-17-9-14(3)22(26)15(4)10-17/h7-11,20H,5-6,12-13H2,1-4H3,(H,27,30)/t20-/m1/s1. The maximum Gasteiger partial charge on any atom is 0.261 e. The summed E-state index contributed by atoms with van der Waals surface area (Å²) in [5, 5.41) is 4.28. The molecule has 0 radical (unpaired) electrons. The average molecular weight is 486 g/mol. The average Bonchev–Trinajstić information content (AvgIpc) is 2.72. The third-order valence-corrected chi connectivity index (χ3v) is 6.18. The molecule has 168 valence electrons. The second-order valence-electron chi connectivity index (χ2n) is 7.25. The van der Waals surface area contributed by atoms with Crippen molar-refractivity contribution in [1.82, 2.24) is 10.2 Å². The number of likely N-dealkylation sites (N-methyl/N-ethyl adjacent to an activating group) is 1. The molecule has 0 spiro atoms. The molecule has 0 saturated carbocycles. The van der Waals surface area contributed by atoms with E-state index in [9.17, 15) is 9.59 Å². The number of hydrogen-bond acceptors (Lipinski definition) is 3. The summed E-state index contributed by atoms with van der Waals surface area (Å²) in [4.78, 5) is 27.3. The lowest BCUT2D eigenvalue weighted by molar-refractivity contribution is -0.142. The van der Waals surface area contributed by atoms with Crippen LogP contribution in [0.1, 0.15) is 37.0 Å². The summed E-state index contributed by atoms with van der Waals surface area (Å²) in [7, 11) is 0. The van der Waals surface area contributed by atoms with Crippen molar-refractivity contribution in [1.29, 1.82) is 0 Å². The topological polar surface area (TPSA) is 58.6 Å². The van der Waals surface area contributed by atoms with E-state index in [0.717, 1.165) is 16.7 Å². The molecule has 0 bridgehead atoms. The summed E-state index contributed by atoms with van der Waals surface area (Å²) >= 11 is 18.4. The molecule has 0 aliphatic rings. The van der Waals surface area contributed by atoms with Crippen molar-refractivity contribution in [2.24, 2.45) is 0 Å². The van der Waals surface area contributed by atoms with E-state index >= 15 is 0 Å².